The number of hydrogen-bond donors (Lipinski definition) is 1. The Balaban J connectivity index is 2.51. The van der Waals surface area contributed by atoms with Gasteiger partial charge in [0, 0.05) is 5.56 Å². The van der Waals surface area contributed by atoms with Crippen LogP contribution >= 0.6 is 0 Å². The predicted molar refractivity (Wildman–Crippen MR) is 74.7 cm³/mol. The molecule has 0 heterocycles. The molecule has 1 N–H and O–H groups in total. The number of hydrogen-bond acceptors (Lipinski definition) is 3. The highest BCUT2D eigenvalue weighted by molar-refractivity contribution is 5.45. The first-order chi connectivity index (χ1) is 9.09. The molecule has 100 valence electrons. The average molecular weight is 258 g/mol. The van der Waals surface area contributed by atoms with Crippen LogP contribution in [0.2, 0.25) is 0 Å². The average Bonchev–Trinajstić information content (AvgIpc) is 2.47. The van der Waals surface area contributed by atoms with Gasteiger partial charge >= 0.3 is 0 Å². The second kappa shape index (κ2) is 5.33. The van der Waals surface area contributed by atoms with E-state index in [-0.39, 0.29) is 0 Å². The SMILES string of the molecule is COc1cccc(C(C)(O)c2ccccc2OC)c1. The second-order valence-corrected chi connectivity index (χ2v) is 4.50. The Morgan fingerprint density at radius 1 is 0.947 bits per heavy atom. The molecule has 0 aliphatic heterocycles. The van der Waals surface area contributed by atoms with Crippen molar-refractivity contribution >= 4 is 0 Å². The fourth-order valence-corrected chi connectivity index (χ4v) is 2.13. The van der Waals surface area contributed by atoms with Crippen molar-refractivity contribution in [2.24, 2.45) is 0 Å². The first-order valence-electron chi connectivity index (χ1n) is 6.10. The zero-order valence-corrected chi connectivity index (χ0v) is 11.4. The minimum atomic E-state index is -1.14. The topological polar surface area (TPSA) is 38.7 Å². The van der Waals surface area contributed by atoms with Gasteiger partial charge in [0.15, 0.2) is 0 Å². The van der Waals surface area contributed by atoms with Crippen molar-refractivity contribution in [3.63, 3.8) is 0 Å². The standard InChI is InChI=1S/C16H18O3/c1-16(17,12-7-6-8-13(11-12)18-2)14-9-4-5-10-15(14)19-3/h4-11,17H,1-3H3. The fraction of sp³-hybridized carbons (Fsp3) is 0.250. The number of benzene rings is 2. The van der Waals surface area contributed by atoms with Crippen LogP contribution in [0.15, 0.2) is 48.5 Å². The molecule has 0 amide bonds. The maximum Gasteiger partial charge on any atom is 0.125 e. The van der Waals surface area contributed by atoms with E-state index in [1.54, 1.807) is 21.1 Å². The fourth-order valence-electron chi connectivity index (χ4n) is 2.13. The molecular weight excluding hydrogens is 240 g/mol. The smallest absolute Gasteiger partial charge is 0.125 e. The minimum Gasteiger partial charge on any atom is -0.497 e. The summed E-state index contributed by atoms with van der Waals surface area (Å²) in [5.74, 6) is 1.38. The molecule has 0 aliphatic carbocycles. The van der Waals surface area contributed by atoms with Crippen LogP contribution in [0.5, 0.6) is 11.5 Å². The van der Waals surface area contributed by atoms with Gasteiger partial charge in [-0.15, -0.1) is 0 Å². The number of para-hydroxylation sites is 1. The predicted octanol–water partition coefficient (Wildman–Crippen LogP) is 2.96. The van der Waals surface area contributed by atoms with Crippen molar-refractivity contribution in [3.8, 4) is 11.5 Å². The summed E-state index contributed by atoms with van der Waals surface area (Å²) in [6, 6.07) is 14.9. The summed E-state index contributed by atoms with van der Waals surface area (Å²) in [6.07, 6.45) is 0. The molecule has 0 fully saturated rings. The Morgan fingerprint density at radius 3 is 2.37 bits per heavy atom. The summed E-state index contributed by atoms with van der Waals surface area (Å²) >= 11 is 0. The van der Waals surface area contributed by atoms with Crippen molar-refractivity contribution in [1.29, 1.82) is 0 Å². The Morgan fingerprint density at radius 2 is 1.68 bits per heavy atom. The van der Waals surface area contributed by atoms with Crippen LogP contribution in [0.1, 0.15) is 18.1 Å². The van der Waals surface area contributed by atoms with Crippen LogP contribution in [0.3, 0.4) is 0 Å². The molecule has 2 aromatic rings. The third-order valence-electron chi connectivity index (χ3n) is 3.26. The van der Waals surface area contributed by atoms with E-state index >= 15 is 0 Å². The van der Waals surface area contributed by atoms with Gasteiger partial charge < -0.3 is 14.6 Å². The second-order valence-electron chi connectivity index (χ2n) is 4.50. The summed E-state index contributed by atoms with van der Waals surface area (Å²) in [6.45, 7) is 1.75. The van der Waals surface area contributed by atoms with Crippen molar-refractivity contribution < 1.29 is 14.6 Å². The molecule has 3 nitrogen and oxygen atoms in total. The van der Waals surface area contributed by atoms with Crippen molar-refractivity contribution in [2.75, 3.05) is 14.2 Å². The maximum atomic E-state index is 10.9. The highest BCUT2D eigenvalue weighted by Gasteiger charge is 2.29. The summed E-state index contributed by atoms with van der Waals surface area (Å²) in [7, 11) is 3.21. The monoisotopic (exact) mass is 258 g/mol. The van der Waals surface area contributed by atoms with E-state index in [0.717, 1.165) is 11.1 Å². The van der Waals surface area contributed by atoms with E-state index in [1.807, 2.05) is 48.5 Å². The molecule has 0 saturated carbocycles. The molecule has 2 aromatic carbocycles. The van der Waals surface area contributed by atoms with E-state index in [1.165, 1.54) is 0 Å². The van der Waals surface area contributed by atoms with Gasteiger partial charge in [0.1, 0.15) is 17.1 Å². The van der Waals surface area contributed by atoms with Crippen LogP contribution < -0.4 is 9.47 Å². The van der Waals surface area contributed by atoms with Gasteiger partial charge in [-0.25, -0.2) is 0 Å². The van der Waals surface area contributed by atoms with Gasteiger partial charge in [-0.05, 0) is 30.7 Å². The van der Waals surface area contributed by atoms with E-state index in [4.69, 9.17) is 9.47 Å². The molecule has 19 heavy (non-hydrogen) atoms. The molecule has 0 radical (unpaired) electrons. The van der Waals surface area contributed by atoms with Crippen molar-refractivity contribution in [1.82, 2.24) is 0 Å². The van der Waals surface area contributed by atoms with Gasteiger partial charge in [-0.2, -0.15) is 0 Å². The molecule has 0 bridgehead atoms. The lowest BCUT2D eigenvalue weighted by atomic mass is 9.87. The summed E-state index contributed by atoms with van der Waals surface area (Å²) in [4.78, 5) is 0. The van der Waals surface area contributed by atoms with E-state index < -0.39 is 5.60 Å². The number of aliphatic hydroxyl groups is 1. The number of methoxy groups -OCH3 is 2. The Bertz CT molecular complexity index is 561. The maximum absolute atomic E-state index is 10.9. The quantitative estimate of drug-likeness (QED) is 0.916. The summed E-state index contributed by atoms with van der Waals surface area (Å²) in [5.41, 5.74) is 0.350. The zero-order valence-electron chi connectivity index (χ0n) is 11.4. The molecule has 3 heteroatoms. The summed E-state index contributed by atoms with van der Waals surface area (Å²) in [5, 5.41) is 10.9. The van der Waals surface area contributed by atoms with Gasteiger partial charge in [-0.3, -0.25) is 0 Å². The van der Waals surface area contributed by atoms with E-state index in [9.17, 15) is 5.11 Å². The number of rotatable bonds is 4. The highest BCUT2D eigenvalue weighted by Crippen LogP contribution is 2.36. The van der Waals surface area contributed by atoms with Crippen molar-refractivity contribution in [2.45, 2.75) is 12.5 Å². The van der Waals surface area contributed by atoms with Gasteiger partial charge in [-0.1, -0.05) is 30.3 Å². The molecule has 0 aliphatic rings. The zero-order chi connectivity index (χ0) is 13.9. The normalized spacial score (nSPS) is 13.7. The van der Waals surface area contributed by atoms with Gasteiger partial charge in [0.05, 0.1) is 14.2 Å². The van der Waals surface area contributed by atoms with Gasteiger partial charge in [0.25, 0.3) is 0 Å². The minimum absolute atomic E-state index is 0.662. The van der Waals surface area contributed by atoms with Crippen LogP contribution in [0.25, 0.3) is 0 Å². The van der Waals surface area contributed by atoms with Crippen LogP contribution in [0, 0.1) is 0 Å². The lowest BCUT2D eigenvalue weighted by Crippen LogP contribution is -2.23. The van der Waals surface area contributed by atoms with E-state index in [2.05, 4.69) is 0 Å². The van der Waals surface area contributed by atoms with Crippen LogP contribution in [-0.2, 0) is 5.60 Å². The molecule has 0 spiro atoms. The third kappa shape index (κ3) is 2.56. The lowest BCUT2D eigenvalue weighted by molar-refractivity contribution is 0.0987. The van der Waals surface area contributed by atoms with Gasteiger partial charge in [0.2, 0.25) is 0 Å². The van der Waals surface area contributed by atoms with Crippen LogP contribution in [0.4, 0.5) is 0 Å². The lowest BCUT2D eigenvalue weighted by Gasteiger charge is -2.26. The van der Waals surface area contributed by atoms with Crippen LogP contribution in [-0.4, -0.2) is 19.3 Å². The Kier molecular flexibility index (Phi) is 3.76. The molecule has 0 aromatic heterocycles. The molecular formula is C16H18O3. The van der Waals surface area contributed by atoms with Crippen molar-refractivity contribution in [3.05, 3.63) is 59.7 Å². The first kappa shape index (κ1) is 13.4. The first-order valence-corrected chi connectivity index (χ1v) is 6.10. The Hall–Kier alpha value is -2.00. The highest BCUT2D eigenvalue weighted by atomic mass is 16.5. The molecule has 1 unspecified atom stereocenters. The largest absolute Gasteiger partial charge is 0.497 e. The third-order valence-corrected chi connectivity index (χ3v) is 3.26. The number of ether oxygens (including phenoxy) is 2. The molecule has 2 rings (SSSR count). The van der Waals surface area contributed by atoms with E-state index in [0.29, 0.717) is 11.5 Å². The Labute approximate surface area is 113 Å². The molecule has 1 atom stereocenters. The summed E-state index contributed by atoms with van der Waals surface area (Å²) < 4.78 is 10.5. The molecule has 0 saturated heterocycles.